The molecule has 2 heteroatoms. The Labute approximate surface area is 75.1 Å². The second-order valence-corrected chi connectivity index (χ2v) is 5.15. The first-order valence-electron chi connectivity index (χ1n) is 5.11. The number of hydrazine groups is 1. The van der Waals surface area contributed by atoms with Gasteiger partial charge in [0.05, 0.1) is 0 Å². The van der Waals surface area contributed by atoms with Crippen molar-refractivity contribution in [1.82, 2.24) is 5.01 Å². The molecule has 1 aliphatic carbocycles. The van der Waals surface area contributed by atoms with Gasteiger partial charge in [0, 0.05) is 13.1 Å². The molecule has 2 aliphatic rings. The molecule has 0 aromatic rings. The molecule has 0 aromatic carbocycles. The van der Waals surface area contributed by atoms with Gasteiger partial charge in [0.1, 0.15) is 0 Å². The predicted octanol–water partition coefficient (Wildman–Crippen LogP) is 1.62. The topological polar surface area (TPSA) is 29.3 Å². The highest BCUT2D eigenvalue weighted by Crippen LogP contribution is 2.49. The zero-order chi connectivity index (χ0) is 8.77. The summed E-state index contributed by atoms with van der Waals surface area (Å²) in [5.74, 6) is 7.53. The van der Waals surface area contributed by atoms with Gasteiger partial charge in [-0.15, -0.1) is 0 Å². The molecule has 1 saturated carbocycles. The number of rotatable bonds is 1. The molecule has 1 aliphatic heterocycles. The average molecular weight is 168 g/mol. The minimum atomic E-state index is 0.643. The molecule has 0 amide bonds. The highest BCUT2D eigenvalue weighted by molar-refractivity contribution is 4.99. The van der Waals surface area contributed by atoms with Crippen molar-refractivity contribution in [2.45, 2.75) is 33.1 Å². The molecule has 2 N–H and O–H groups in total. The lowest BCUT2D eigenvalue weighted by molar-refractivity contribution is 0.000919. The minimum absolute atomic E-state index is 0.643. The first-order chi connectivity index (χ1) is 5.61. The quantitative estimate of drug-likeness (QED) is 0.603. The molecule has 70 valence electrons. The van der Waals surface area contributed by atoms with Crippen molar-refractivity contribution in [3.8, 4) is 0 Å². The van der Waals surface area contributed by atoms with Gasteiger partial charge in [-0.1, -0.05) is 13.8 Å². The molecule has 12 heavy (non-hydrogen) atoms. The number of nitrogens with two attached hydrogens (primary N) is 1. The molecule has 2 nitrogen and oxygen atoms in total. The maximum Gasteiger partial charge on any atom is 0.0198 e. The van der Waals surface area contributed by atoms with Crippen LogP contribution in [0.3, 0.4) is 0 Å². The monoisotopic (exact) mass is 168 g/mol. The van der Waals surface area contributed by atoms with Gasteiger partial charge >= 0.3 is 0 Å². The largest absolute Gasteiger partial charge is 0.269 e. The zero-order valence-electron chi connectivity index (χ0n) is 8.21. The van der Waals surface area contributed by atoms with Crippen LogP contribution in [-0.4, -0.2) is 18.1 Å². The summed E-state index contributed by atoms with van der Waals surface area (Å²) in [5, 5.41) is 1.96. The second-order valence-electron chi connectivity index (χ2n) is 5.15. The Hall–Kier alpha value is -0.0800. The summed E-state index contributed by atoms with van der Waals surface area (Å²) < 4.78 is 0. The van der Waals surface area contributed by atoms with Crippen LogP contribution in [-0.2, 0) is 0 Å². The summed E-state index contributed by atoms with van der Waals surface area (Å²) in [6, 6.07) is 0. The third-order valence-electron chi connectivity index (χ3n) is 3.76. The Kier molecular flexibility index (Phi) is 1.92. The van der Waals surface area contributed by atoms with Crippen LogP contribution >= 0.6 is 0 Å². The van der Waals surface area contributed by atoms with E-state index in [1.807, 2.05) is 5.01 Å². The van der Waals surface area contributed by atoms with Crippen LogP contribution in [0, 0.1) is 17.3 Å². The number of hydrogen-bond donors (Lipinski definition) is 1. The predicted molar refractivity (Wildman–Crippen MR) is 50.4 cm³/mol. The molecule has 1 atom stereocenters. The van der Waals surface area contributed by atoms with Crippen molar-refractivity contribution >= 4 is 0 Å². The van der Waals surface area contributed by atoms with E-state index < -0.39 is 0 Å². The SMILES string of the molecule is CC(C)C1CCC2(C1)CN(N)C2. The van der Waals surface area contributed by atoms with E-state index in [4.69, 9.17) is 5.84 Å². The van der Waals surface area contributed by atoms with Crippen molar-refractivity contribution in [3.63, 3.8) is 0 Å². The van der Waals surface area contributed by atoms with Gasteiger partial charge < -0.3 is 0 Å². The van der Waals surface area contributed by atoms with Crippen LogP contribution in [0.1, 0.15) is 33.1 Å². The maximum absolute atomic E-state index is 5.69. The van der Waals surface area contributed by atoms with Gasteiger partial charge in [-0.2, -0.15) is 0 Å². The standard InChI is InChI=1S/C10H20N2/c1-8(2)9-3-4-10(5-9)6-12(11)7-10/h8-9H,3-7,11H2,1-2H3. The third-order valence-corrected chi connectivity index (χ3v) is 3.76. The zero-order valence-corrected chi connectivity index (χ0v) is 8.21. The Morgan fingerprint density at radius 2 is 2.08 bits per heavy atom. The van der Waals surface area contributed by atoms with Crippen molar-refractivity contribution < 1.29 is 0 Å². The molecule has 1 heterocycles. The van der Waals surface area contributed by atoms with Crippen LogP contribution in [0.15, 0.2) is 0 Å². The van der Waals surface area contributed by atoms with Crippen molar-refractivity contribution in [2.24, 2.45) is 23.1 Å². The lowest BCUT2D eigenvalue weighted by atomic mass is 9.78. The molecule has 1 unspecified atom stereocenters. The molecule has 2 rings (SSSR count). The Bertz CT molecular complexity index is 171. The van der Waals surface area contributed by atoms with E-state index in [1.165, 1.54) is 19.3 Å². The fraction of sp³-hybridized carbons (Fsp3) is 1.00. The molecule has 0 aromatic heterocycles. The number of nitrogens with zero attached hydrogens (tertiary/aromatic N) is 1. The van der Waals surface area contributed by atoms with Crippen molar-refractivity contribution in [2.75, 3.05) is 13.1 Å². The second kappa shape index (κ2) is 2.71. The maximum atomic E-state index is 5.69. The Morgan fingerprint density at radius 1 is 1.42 bits per heavy atom. The summed E-state index contributed by atoms with van der Waals surface area (Å²) in [4.78, 5) is 0. The normalized spacial score (nSPS) is 34.5. The Balaban J connectivity index is 1.90. The fourth-order valence-corrected chi connectivity index (χ4v) is 2.92. The molecule has 1 spiro atoms. The molecule has 0 bridgehead atoms. The van der Waals surface area contributed by atoms with Gasteiger partial charge in [0.15, 0.2) is 0 Å². The first kappa shape index (κ1) is 8.52. The number of hydrogen-bond acceptors (Lipinski definition) is 2. The van der Waals surface area contributed by atoms with E-state index in [-0.39, 0.29) is 0 Å². The lowest BCUT2D eigenvalue weighted by Crippen LogP contribution is -2.58. The highest BCUT2D eigenvalue weighted by atomic mass is 15.4. The molecular weight excluding hydrogens is 148 g/mol. The van der Waals surface area contributed by atoms with E-state index >= 15 is 0 Å². The van der Waals surface area contributed by atoms with E-state index in [0.29, 0.717) is 5.41 Å². The lowest BCUT2D eigenvalue weighted by Gasteiger charge is -2.46. The molecular formula is C10H20N2. The van der Waals surface area contributed by atoms with Gasteiger partial charge in [0.2, 0.25) is 0 Å². The average Bonchev–Trinajstić information content (AvgIpc) is 2.31. The van der Waals surface area contributed by atoms with Gasteiger partial charge in [-0.05, 0) is 36.5 Å². The summed E-state index contributed by atoms with van der Waals surface area (Å²) >= 11 is 0. The van der Waals surface area contributed by atoms with Crippen LogP contribution in [0.25, 0.3) is 0 Å². The van der Waals surface area contributed by atoms with Crippen LogP contribution in [0.5, 0.6) is 0 Å². The first-order valence-corrected chi connectivity index (χ1v) is 5.11. The van der Waals surface area contributed by atoms with E-state index in [9.17, 15) is 0 Å². The van der Waals surface area contributed by atoms with E-state index in [0.717, 1.165) is 24.9 Å². The smallest absolute Gasteiger partial charge is 0.0198 e. The molecule has 2 fully saturated rings. The molecule has 1 saturated heterocycles. The summed E-state index contributed by atoms with van der Waals surface area (Å²) in [5.41, 5.74) is 0.643. The van der Waals surface area contributed by atoms with E-state index in [1.54, 1.807) is 0 Å². The van der Waals surface area contributed by atoms with Gasteiger partial charge in [-0.25, -0.2) is 5.01 Å². The summed E-state index contributed by atoms with van der Waals surface area (Å²) in [7, 11) is 0. The highest BCUT2D eigenvalue weighted by Gasteiger charge is 2.47. The van der Waals surface area contributed by atoms with Gasteiger partial charge in [-0.3, -0.25) is 5.84 Å². The van der Waals surface area contributed by atoms with Crippen LogP contribution in [0.4, 0.5) is 0 Å². The van der Waals surface area contributed by atoms with Crippen LogP contribution in [0.2, 0.25) is 0 Å². The van der Waals surface area contributed by atoms with Crippen molar-refractivity contribution in [1.29, 1.82) is 0 Å². The minimum Gasteiger partial charge on any atom is -0.269 e. The fourth-order valence-electron chi connectivity index (χ4n) is 2.92. The third kappa shape index (κ3) is 1.27. The van der Waals surface area contributed by atoms with E-state index in [2.05, 4.69) is 13.8 Å². The van der Waals surface area contributed by atoms with Crippen molar-refractivity contribution in [3.05, 3.63) is 0 Å². The van der Waals surface area contributed by atoms with Crippen LogP contribution < -0.4 is 5.84 Å². The summed E-state index contributed by atoms with van der Waals surface area (Å²) in [6.45, 7) is 7.00. The molecule has 0 radical (unpaired) electrons. The Morgan fingerprint density at radius 3 is 2.50 bits per heavy atom. The van der Waals surface area contributed by atoms with Gasteiger partial charge in [0.25, 0.3) is 0 Å². The summed E-state index contributed by atoms with van der Waals surface area (Å²) in [6.07, 6.45) is 4.29.